The lowest BCUT2D eigenvalue weighted by Crippen LogP contribution is -2.31. The molecule has 2 aromatic rings. The summed E-state index contributed by atoms with van der Waals surface area (Å²) in [6.45, 7) is 6.94. The Labute approximate surface area is 190 Å². The van der Waals surface area contributed by atoms with Crippen LogP contribution in [0.1, 0.15) is 55.8 Å². The number of rotatable bonds is 15. The Morgan fingerprint density at radius 2 is 1.56 bits per heavy atom. The SMILES string of the molecule is C=CC(=O)OCCCCCCOc1ccc(C(=O)N(OCCCC)c2ccccc2)cc1. The van der Waals surface area contributed by atoms with E-state index < -0.39 is 0 Å². The molecule has 6 heteroatoms. The Bertz CT molecular complexity index is 820. The predicted molar refractivity (Wildman–Crippen MR) is 126 cm³/mol. The molecule has 0 radical (unpaired) electrons. The van der Waals surface area contributed by atoms with Crippen molar-refractivity contribution in [3.63, 3.8) is 0 Å². The number of unbranched alkanes of at least 4 members (excludes halogenated alkanes) is 4. The van der Waals surface area contributed by atoms with Crippen molar-refractivity contribution in [2.24, 2.45) is 0 Å². The zero-order chi connectivity index (χ0) is 23.0. The highest BCUT2D eigenvalue weighted by Gasteiger charge is 2.18. The van der Waals surface area contributed by atoms with Gasteiger partial charge in [0.05, 0.1) is 25.5 Å². The van der Waals surface area contributed by atoms with Gasteiger partial charge in [0, 0.05) is 11.6 Å². The lowest BCUT2D eigenvalue weighted by Gasteiger charge is -2.22. The average molecular weight is 440 g/mol. The topological polar surface area (TPSA) is 65.1 Å². The molecule has 0 unspecified atom stereocenters. The van der Waals surface area contributed by atoms with Crippen molar-refractivity contribution in [1.29, 1.82) is 0 Å². The number of para-hydroxylation sites is 1. The van der Waals surface area contributed by atoms with Crippen LogP contribution in [-0.2, 0) is 14.4 Å². The van der Waals surface area contributed by atoms with E-state index in [1.54, 1.807) is 24.3 Å². The Kier molecular flexibility index (Phi) is 11.6. The molecule has 172 valence electrons. The van der Waals surface area contributed by atoms with Crippen LogP contribution in [0.3, 0.4) is 0 Å². The van der Waals surface area contributed by atoms with E-state index in [1.807, 2.05) is 30.3 Å². The average Bonchev–Trinajstić information content (AvgIpc) is 2.84. The molecule has 0 N–H and O–H groups in total. The van der Waals surface area contributed by atoms with Crippen LogP contribution in [0.5, 0.6) is 5.75 Å². The van der Waals surface area contributed by atoms with Crippen molar-refractivity contribution in [1.82, 2.24) is 0 Å². The fourth-order valence-electron chi connectivity index (χ4n) is 2.90. The summed E-state index contributed by atoms with van der Waals surface area (Å²) in [5.41, 5.74) is 1.24. The molecule has 0 saturated carbocycles. The van der Waals surface area contributed by atoms with Crippen LogP contribution in [0.4, 0.5) is 5.69 Å². The number of benzene rings is 2. The second-order valence-corrected chi connectivity index (χ2v) is 7.28. The van der Waals surface area contributed by atoms with Crippen LogP contribution in [-0.4, -0.2) is 31.7 Å². The third-order valence-electron chi connectivity index (χ3n) is 4.71. The van der Waals surface area contributed by atoms with E-state index in [0.717, 1.165) is 44.3 Å². The van der Waals surface area contributed by atoms with Gasteiger partial charge in [-0.15, -0.1) is 0 Å². The fourth-order valence-corrected chi connectivity index (χ4v) is 2.90. The Morgan fingerprint density at radius 3 is 2.22 bits per heavy atom. The zero-order valence-electron chi connectivity index (χ0n) is 18.8. The van der Waals surface area contributed by atoms with Gasteiger partial charge in [-0.2, -0.15) is 5.06 Å². The fraction of sp³-hybridized carbons (Fsp3) is 0.385. The van der Waals surface area contributed by atoms with Crippen LogP contribution >= 0.6 is 0 Å². The third-order valence-corrected chi connectivity index (χ3v) is 4.71. The number of hydrogen-bond acceptors (Lipinski definition) is 5. The smallest absolute Gasteiger partial charge is 0.330 e. The molecular formula is C26H33NO5. The van der Waals surface area contributed by atoms with Crippen molar-refractivity contribution in [3.8, 4) is 5.75 Å². The second kappa shape index (κ2) is 14.8. The predicted octanol–water partition coefficient (Wildman–Crippen LogP) is 5.73. The van der Waals surface area contributed by atoms with Gasteiger partial charge in [0.15, 0.2) is 0 Å². The maximum Gasteiger partial charge on any atom is 0.330 e. The quantitative estimate of drug-likeness (QED) is 0.153. The molecule has 0 aliphatic carbocycles. The van der Waals surface area contributed by atoms with Crippen molar-refractivity contribution >= 4 is 17.6 Å². The lowest BCUT2D eigenvalue weighted by molar-refractivity contribution is -0.137. The molecule has 0 saturated heterocycles. The molecule has 2 aromatic carbocycles. The molecule has 2 rings (SSSR count). The Balaban J connectivity index is 1.79. The number of amides is 1. The van der Waals surface area contributed by atoms with Gasteiger partial charge in [0.2, 0.25) is 0 Å². The minimum Gasteiger partial charge on any atom is -0.494 e. The monoisotopic (exact) mass is 439 g/mol. The number of esters is 1. The summed E-state index contributed by atoms with van der Waals surface area (Å²) in [7, 11) is 0. The van der Waals surface area contributed by atoms with Crippen LogP contribution < -0.4 is 9.80 Å². The first-order valence-corrected chi connectivity index (χ1v) is 11.2. The van der Waals surface area contributed by atoms with Crippen molar-refractivity contribution in [2.75, 3.05) is 24.9 Å². The number of hydroxylamine groups is 1. The van der Waals surface area contributed by atoms with Crippen molar-refractivity contribution in [2.45, 2.75) is 45.4 Å². The normalized spacial score (nSPS) is 10.4. The van der Waals surface area contributed by atoms with Crippen LogP contribution in [0.15, 0.2) is 67.3 Å². The van der Waals surface area contributed by atoms with Crippen molar-refractivity contribution in [3.05, 3.63) is 72.8 Å². The van der Waals surface area contributed by atoms with Crippen LogP contribution in [0.2, 0.25) is 0 Å². The molecule has 0 atom stereocenters. The van der Waals surface area contributed by atoms with Gasteiger partial charge in [-0.1, -0.05) is 38.1 Å². The molecule has 0 aliphatic heterocycles. The summed E-state index contributed by atoms with van der Waals surface area (Å²) >= 11 is 0. The minimum atomic E-state index is -0.380. The number of ether oxygens (including phenoxy) is 2. The third kappa shape index (κ3) is 8.94. The number of nitrogens with zero attached hydrogens (tertiary/aromatic N) is 1. The Hall–Kier alpha value is -3.12. The first-order chi connectivity index (χ1) is 15.7. The highest BCUT2D eigenvalue weighted by atomic mass is 16.7. The van der Waals surface area contributed by atoms with E-state index >= 15 is 0 Å². The van der Waals surface area contributed by atoms with E-state index in [4.69, 9.17) is 14.3 Å². The van der Waals surface area contributed by atoms with Gasteiger partial charge >= 0.3 is 5.97 Å². The van der Waals surface area contributed by atoms with Gasteiger partial charge in [0.25, 0.3) is 5.91 Å². The molecule has 1 amide bonds. The zero-order valence-corrected chi connectivity index (χ0v) is 18.8. The molecule has 0 aromatic heterocycles. The summed E-state index contributed by atoms with van der Waals surface area (Å²) in [6, 6.07) is 16.5. The highest BCUT2D eigenvalue weighted by Crippen LogP contribution is 2.20. The van der Waals surface area contributed by atoms with E-state index in [9.17, 15) is 9.59 Å². The number of anilines is 1. The van der Waals surface area contributed by atoms with Gasteiger partial charge in [-0.05, 0) is 68.5 Å². The molecule has 0 bridgehead atoms. The number of carbonyl (C=O) groups excluding carboxylic acids is 2. The largest absolute Gasteiger partial charge is 0.494 e. The summed E-state index contributed by atoms with van der Waals surface area (Å²) in [6.07, 6.45) is 6.73. The maximum absolute atomic E-state index is 13.0. The van der Waals surface area contributed by atoms with Crippen LogP contribution in [0.25, 0.3) is 0 Å². The van der Waals surface area contributed by atoms with Crippen LogP contribution in [0, 0.1) is 0 Å². The molecule has 0 heterocycles. The lowest BCUT2D eigenvalue weighted by atomic mass is 10.2. The summed E-state index contributed by atoms with van der Waals surface area (Å²) in [5.74, 6) is 0.130. The summed E-state index contributed by atoms with van der Waals surface area (Å²) in [5, 5.41) is 1.36. The molecule has 6 nitrogen and oxygen atoms in total. The standard InChI is InChI=1S/C26H33NO5/c1-3-5-21-32-27(23-13-9-8-10-14-23)26(29)22-15-17-24(18-16-22)30-19-11-6-7-12-20-31-25(28)4-2/h4,8-10,13-18H,2-3,5-7,11-12,19-21H2,1H3. The van der Waals surface area contributed by atoms with Gasteiger partial charge in [-0.3, -0.25) is 9.63 Å². The van der Waals surface area contributed by atoms with E-state index in [1.165, 1.54) is 11.1 Å². The Morgan fingerprint density at radius 1 is 0.875 bits per heavy atom. The number of carbonyl (C=O) groups is 2. The second-order valence-electron chi connectivity index (χ2n) is 7.28. The van der Waals surface area contributed by atoms with Gasteiger partial charge in [-0.25, -0.2) is 4.79 Å². The highest BCUT2D eigenvalue weighted by molar-refractivity contribution is 6.04. The molecule has 0 spiro atoms. The molecule has 0 aliphatic rings. The molecule has 0 fully saturated rings. The van der Waals surface area contributed by atoms with E-state index in [-0.39, 0.29) is 11.9 Å². The van der Waals surface area contributed by atoms with E-state index in [2.05, 4.69) is 13.5 Å². The molecular weight excluding hydrogens is 406 g/mol. The van der Waals surface area contributed by atoms with Gasteiger partial charge < -0.3 is 9.47 Å². The van der Waals surface area contributed by atoms with E-state index in [0.29, 0.717) is 31.1 Å². The van der Waals surface area contributed by atoms with Crippen molar-refractivity contribution < 1.29 is 23.9 Å². The minimum absolute atomic E-state index is 0.212. The maximum atomic E-state index is 13.0. The molecule has 32 heavy (non-hydrogen) atoms. The summed E-state index contributed by atoms with van der Waals surface area (Å²) < 4.78 is 10.7. The first kappa shape index (κ1) is 25.1. The summed E-state index contributed by atoms with van der Waals surface area (Å²) in [4.78, 5) is 29.7. The first-order valence-electron chi connectivity index (χ1n) is 11.2. The van der Waals surface area contributed by atoms with Gasteiger partial charge in [0.1, 0.15) is 5.75 Å². The number of hydrogen-bond donors (Lipinski definition) is 0.